The van der Waals surface area contributed by atoms with Gasteiger partial charge in [-0.15, -0.1) is 24.0 Å². The van der Waals surface area contributed by atoms with E-state index in [4.69, 9.17) is 10.5 Å². The van der Waals surface area contributed by atoms with Crippen LogP contribution < -0.4 is 11.1 Å². The van der Waals surface area contributed by atoms with Crippen molar-refractivity contribution in [3.8, 4) is 0 Å². The molecule has 0 spiro atoms. The van der Waals surface area contributed by atoms with E-state index in [0.717, 1.165) is 18.5 Å². The number of hydrogen-bond donors (Lipinski definition) is 2. The van der Waals surface area contributed by atoms with Crippen molar-refractivity contribution in [2.24, 2.45) is 10.7 Å². The molecule has 0 fully saturated rings. The van der Waals surface area contributed by atoms with Crippen LogP contribution in [0.2, 0.25) is 0 Å². The number of hydrogen-bond acceptors (Lipinski definition) is 2. The number of rotatable bonds is 6. The Morgan fingerprint density at radius 3 is 2.68 bits per heavy atom. The van der Waals surface area contributed by atoms with Crippen LogP contribution >= 0.6 is 24.0 Å². The molecule has 134 valence electrons. The predicted molar refractivity (Wildman–Crippen MR) is 115 cm³/mol. The second kappa shape index (κ2) is 10.4. The predicted octanol–water partition coefficient (Wildman–Crippen LogP) is 4.13. The Kier molecular flexibility index (Phi) is 8.21. The van der Waals surface area contributed by atoms with E-state index in [1.54, 1.807) is 0 Å². The highest BCUT2D eigenvalue weighted by atomic mass is 127. The lowest BCUT2D eigenvalue weighted by Gasteiger charge is -2.19. The van der Waals surface area contributed by atoms with Crippen LogP contribution in [0.25, 0.3) is 0 Å². The molecule has 0 bridgehead atoms. The minimum absolute atomic E-state index is 0. The summed E-state index contributed by atoms with van der Waals surface area (Å²) in [5.41, 5.74) is 11.1. The zero-order chi connectivity index (χ0) is 16.6. The molecule has 0 saturated carbocycles. The number of fused-ring (bicyclic) bond motifs is 1. The summed E-state index contributed by atoms with van der Waals surface area (Å²) in [5.74, 6) is 0.456. The van der Waals surface area contributed by atoms with Crippen molar-refractivity contribution in [3.63, 3.8) is 0 Å². The monoisotopic (exact) mass is 451 g/mol. The zero-order valence-electron chi connectivity index (χ0n) is 14.4. The third-order valence-electron chi connectivity index (χ3n) is 4.29. The highest BCUT2D eigenvalue weighted by Gasteiger charge is 2.12. The van der Waals surface area contributed by atoms with Gasteiger partial charge in [0.2, 0.25) is 0 Å². The lowest BCUT2D eigenvalue weighted by atomic mass is 9.90. The number of ether oxygens (including phenoxy) is 1. The summed E-state index contributed by atoms with van der Waals surface area (Å²) in [4.78, 5) is 4.36. The number of aryl methyl sites for hydroxylation is 1. The number of anilines is 1. The molecule has 0 heterocycles. The van der Waals surface area contributed by atoms with Crippen molar-refractivity contribution in [1.82, 2.24) is 0 Å². The van der Waals surface area contributed by atoms with Crippen LogP contribution in [0.5, 0.6) is 0 Å². The fourth-order valence-corrected chi connectivity index (χ4v) is 3.07. The van der Waals surface area contributed by atoms with Crippen LogP contribution in [0.15, 0.2) is 53.5 Å². The van der Waals surface area contributed by atoms with Gasteiger partial charge in [0.15, 0.2) is 5.96 Å². The first-order chi connectivity index (χ1) is 11.8. The summed E-state index contributed by atoms with van der Waals surface area (Å²) >= 11 is 0. The lowest BCUT2D eigenvalue weighted by Crippen LogP contribution is -2.24. The molecule has 0 radical (unpaired) electrons. The van der Waals surface area contributed by atoms with Gasteiger partial charge < -0.3 is 15.8 Å². The molecule has 4 nitrogen and oxygen atoms in total. The zero-order valence-corrected chi connectivity index (χ0v) is 16.7. The van der Waals surface area contributed by atoms with Gasteiger partial charge in [-0.3, -0.25) is 4.99 Å². The maximum absolute atomic E-state index is 6.02. The maximum atomic E-state index is 6.02. The normalized spacial score (nSPS) is 13.7. The van der Waals surface area contributed by atoms with Gasteiger partial charge in [0, 0.05) is 5.69 Å². The summed E-state index contributed by atoms with van der Waals surface area (Å²) in [5, 5.41) is 3.25. The Hall–Kier alpha value is -1.60. The van der Waals surface area contributed by atoms with Crippen molar-refractivity contribution < 1.29 is 4.74 Å². The Bertz CT molecular complexity index is 689. The number of guanidine groups is 1. The number of nitrogens with two attached hydrogens (primary N) is 1. The van der Waals surface area contributed by atoms with Crippen LogP contribution in [-0.4, -0.2) is 19.1 Å². The summed E-state index contributed by atoms with van der Waals surface area (Å²) in [6.45, 7) is 1.72. The van der Waals surface area contributed by atoms with Crippen molar-refractivity contribution in [2.75, 3.05) is 18.5 Å². The lowest BCUT2D eigenvalue weighted by molar-refractivity contribution is 0.128. The van der Waals surface area contributed by atoms with E-state index in [-0.39, 0.29) is 24.0 Å². The number of nitrogens with one attached hydrogen (secondary N) is 1. The van der Waals surface area contributed by atoms with Crippen LogP contribution in [0.4, 0.5) is 5.69 Å². The second-order valence-corrected chi connectivity index (χ2v) is 6.08. The molecule has 1 aliphatic rings. The van der Waals surface area contributed by atoms with Gasteiger partial charge in [0.05, 0.1) is 19.8 Å². The number of halogens is 1. The van der Waals surface area contributed by atoms with Gasteiger partial charge in [0.25, 0.3) is 0 Å². The number of nitrogens with zero attached hydrogens (tertiary/aromatic N) is 1. The Balaban J connectivity index is 0.00000225. The molecule has 2 aromatic rings. The number of benzene rings is 2. The van der Waals surface area contributed by atoms with E-state index < -0.39 is 0 Å². The van der Waals surface area contributed by atoms with E-state index in [1.165, 1.54) is 29.5 Å². The van der Waals surface area contributed by atoms with Crippen LogP contribution in [0, 0.1) is 0 Å². The van der Waals surface area contributed by atoms with Crippen molar-refractivity contribution in [3.05, 3.63) is 65.2 Å². The molecule has 0 aromatic heterocycles. The fraction of sp³-hybridized carbons (Fsp3) is 0.350. The van der Waals surface area contributed by atoms with E-state index in [0.29, 0.717) is 25.7 Å². The van der Waals surface area contributed by atoms with E-state index in [9.17, 15) is 0 Å². The average Bonchev–Trinajstić information content (AvgIpc) is 2.63. The first-order valence-corrected chi connectivity index (χ1v) is 8.62. The minimum Gasteiger partial charge on any atom is -0.375 e. The molecule has 25 heavy (non-hydrogen) atoms. The molecule has 3 rings (SSSR count). The van der Waals surface area contributed by atoms with Crippen LogP contribution in [-0.2, 0) is 24.2 Å². The van der Waals surface area contributed by atoms with E-state index >= 15 is 0 Å². The van der Waals surface area contributed by atoms with E-state index in [2.05, 4.69) is 40.6 Å². The topological polar surface area (TPSA) is 59.6 Å². The molecule has 5 heteroatoms. The summed E-state index contributed by atoms with van der Waals surface area (Å²) in [6, 6.07) is 16.5. The molecule has 0 aliphatic heterocycles. The smallest absolute Gasteiger partial charge is 0.193 e. The van der Waals surface area contributed by atoms with Gasteiger partial charge in [-0.05, 0) is 48.4 Å². The Morgan fingerprint density at radius 1 is 1.04 bits per heavy atom. The summed E-state index contributed by atoms with van der Waals surface area (Å²) < 4.78 is 5.62. The molecule has 1 aliphatic carbocycles. The molecule has 0 saturated heterocycles. The SMILES string of the molecule is I.NC(=NCCOCc1ccccc1)Nc1cccc2c1CCCC2. The average molecular weight is 451 g/mol. The summed E-state index contributed by atoms with van der Waals surface area (Å²) in [7, 11) is 0. The molecular weight excluding hydrogens is 425 g/mol. The van der Waals surface area contributed by atoms with Crippen molar-refractivity contribution in [2.45, 2.75) is 32.3 Å². The largest absolute Gasteiger partial charge is 0.375 e. The fourth-order valence-electron chi connectivity index (χ4n) is 3.07. The first kappa shape index (κ1) is 19.7. The van der Waals surface area contributed by atoms with E-state index in [1.807, 2.05) is 18.2 Å². The van der Waals surface area contributed by atoms with Crippen LogP contribution in [0.1, 0.15) is 29.5 Å². The third-order valence-corrected chi connectivity index (χ3v) is 4.29. The molecule has 2 aromatic carbocycles. The summed E-state index contributed by atoms with van der Waals surface area (Å²) in [6.07, 6.45) is 4.80. The highest BCUT2D eigenvalue weighted by molar-refractivity contribution is 14.0. The quantitative estimate of drug-likeness (QED) is 0.301. The molecule has 0 atom stereocenters. The second-order valence-electron chi connectivity index (χ2n) is 6.08. The maximum Gasteiger partial charge on any atom is 0.193 e. The van der Waals surface area contributed by atoms with Crippen molar-refractivity contribution in [1.29, 1.82) is 0 Å². The van der Waals surface area contributed by atoms with Gasteiger partial charge >= 0.3 is 0 Å². The number of aliphatic imine (C=N–C) groups is 1. The molecule has 3 N–H and O–H groups in total. The van der Waals surface area contributed by atoms with Gasteiger partial charge in [-0.25, -0.2) is 0 Å². The van der Waals surface area contributed by atoms with Gasteiger partial charge in [-0.1, -0.05) is 42.5 Å². The Labute approximate surface area is 166 Å². The van der Waals surface area contributed by atoms with Gasteiger partial charge in [-0.2, -0.15) is 0 Å². The molecular formula is C20H26IN3O. The van der Waals surface area contributed by atoms with Crippen LogP contribution in [0.3, 0.4) is 0 Å². The molecule has 0 amide bonds. The highest BCUT2D eigenvalue weighted by Crippen LogP contribution is 2.27. The van der Waals surface area contributed by atoms with Crippen molar-refractivity contribution >= 4 is 35.6 Å². The minimum atomic E-state index is 0. The standard InChI is InChI=1S/C20H25N3O.HI/c21-20(22-13-14-24-15-16-7-2-1-3-8-16)23-19-12-6-10-17-9-4-5-11-18(17)19;/h1-3,6-8,10,12H,4-5,9,11,13-15H2,(H3,21,22,23);1H. The first-order valence-electron chi connectivity index (χ1n) is 8.62. The Morgan fingerprint density at radius 2 is 1.84 bits per heavy atom. The molecule has 0 unspecified atom stereocenters. The third kappa shape index (κ3) is 6.01. The van der Waals surface area contributed by atoms with Gasteiger partial charge in [0.1, 0.15) is 0 Å².